The number of carbonyl (C=O) groups is 2. The summed E-state index contributed by atoms with van der Waals surface area (Å²) in [7, 11) is 0. The Morgan fingerprint density at radius 2 is 2.18 bits per heavy atom. The molecular weight excluding hydrogens is 238 g/mol. The van der Waals surface area contributed by atoms with Crippen LogP contribution in [0.4, 0.5) is 0 Å². The van der Waals surface area contributed by atoms with Gasteiger partial charge in [-0.3, -0.25) is 9.59 Å². The van der Waals surface area contributed by atoms with Gasteiger partial charge in [0, 0.05) is 31.7 Å². The van der Waals surface area contributed by atoms with Gasteiger partial charge in [-0.2, -0.15) is 11.8 Å². The second kappa shape index (κ2) is 7.58. The van der Waals surface area contributed by atoms with E-state index in [1.807, 2.05) is 11.2 Å². The third-order valence-electron chi connectivity index (χ3n) is 3.16. The average molecular weight is 259 g/mol. The Kier molecular flexibility index (Phi) is 6.40. The van der Waals surface area contributed by atoms with Crippen LogP contribution < -0.4 is 0 Å². The largest absolute Gasteiger partial charge is 0.481 e. The summed E-state index contributed by atoms with van der Waals surface area (Å²) in [4.78, 5) is 24.3. The van der Waals surface area contributed by atoms with Crippen molar-refractivity contribution in [1.29, 1.82) is 0 Å². The molecule has 0 bridgehead atoms. The van der Waals surface area contributed by atoms with Crippen molar-refractivity contribution in [1.82, 2.24) is 4.90 Å². The summed E-state index contributed by atoms with van der Waals surface area (Å²) >= 11 is 1.68. The molecule has 1 aliphatic rings. The smallest absolute Gasteiger partial charge is 0.303 e. The van der Waals surface area contributed by atoms with Crippen LogP contribution in [0.25, 0.3) is 0 Å². The zero-order valence-corrected chi connectivity index (χ0v) is 11.2. The van der Waals surface area contributed by atoms with Crippen molar-refractivity contribution < 1.29 is 14.7 Å². The van der Waals surface area contributed by atoms with Gasteiger partial charge in [-0.15, -0.1) is 0 Å². The fourth-order valence-electron chi connectivity index (χ4n) is 2.20. The lowest BCUT2D eigenvalue weighted by Gasteiger charge is -2.32. The SMILES string of the molecule is CSCCC(=O)N1CCC[C@H](CCC(=O)O)C1. The van der Waals surface area contributed by atoms with Crippen LogP contribution in [0.2, 0.25) is 0 Å². The molecule has 4 nitrogen and oxygen atoms in total. The van der Waals surface area contributed by atoms with Crippen molar-refractivity contribution in [3.05, 3.63) is 0 Å². The normalized spacial score (nSPS) is 20.3. The Labute approximate surface area is 107 Å². The quantitative estimate of drug-likeness (QED) is 0.791. The standard InChI is InChI=1S/C12H21NO3S/c1-17-8-6-11(14)13-7-2-3-10(9-13)4-5-12(15)16/h10H,2-9H2,1H3,(H,15,16)/t10-/m1/s1. The molecule has 0 radical (unpaired) electrons. The molecule has 17 heavy (non-hydrogen) atoms. The lowest BCUT2D eigenvalue weighted by Crippen LogP contribution is -2.40. The van der Waals surface area contributed by atoms with Crippen LogP contribution in [-0.4, -0.2) is 47.0 Å². The van der Waals surface area contributed by atoms with E-state index in [2.05, 4.69) is 0 Å². The number of thioether (sulfide) groups is 1. The molecule has 0 saturated carbocycles. The minimum atomic E-state index is -0.740. The molecule has 1 aliphatic heterocycles. The summed E-state index contributed by atoms with van der Waals surface area (Å²) in [6.07, 6.45) is 5.58. The molecule has 0 unspecified atom stereocenters. The topological polar surface area (TPSA) is 57.6 Å². The summed E-state index contributed by atoms with van der Waals surface area (Å²) in [6, 6.07) is 0. The van der Waals surface area contributed by atoms with Crippen LogP contribution in [0, 0.1) is 5.92 Å². The highest BCUT2D eigenvalue weighted by molar-refractivity contribution is 7.98. The van der Waals surface area contributed by atoms with E-state index in [-0.39, 0.29) is 12.3 Å². The van der Waals surface area contributed by atoms with Gasteiger partial charge < -0.3 is 10.0 Å². The van der Waals surface area contributed by atoms with Crippen LogP contribution in [0.3, 0.4) is 0 Å². The van der Waals surface area contributed by atoms with E-state index in [1.165, 1.54) is 0 Å². The van der Waals surface area contributed by atoms with Gasteiger partial charge in [-0.05, 0) is 31.4 Å². The molecule has 1 N–H and O–H groups in total. The molecule has 1 heterocycles. The summed E-state index contributed by atoms with van der Waals surface area (Å²) < 4.78 is 0. The summed E-state index contributed by atoms with van der Waals surface area (Å²) in [5, 5.41) is 8.65. The number of aliphatic carboxylic acids is 1. The Morgan fingerprint density at radius 1 is 1.41 bits per heavy atom. The van der Waals surface area contributed by atoms with E-state index < -0.39 is 5.97 Å². The van der Waals surface area contributed by atoms with Crippen LogP contribution in [0.15, 0.2) is 0 Å². The maximum absolute atomic E-state index is 11.8. The zero-order chi connectivity index (χ0) is 12.7. The van der Waals surface area contributed by atoms with Crippen molar-refractivity contribution in [2.24, 2.45) is 5.92 Å². The lowest BCUT2D eigenvalue weighted by atomic mass is 9.93. The van der Waals surface area contributed by atoms with E-state index in [4.69, 9.17) is 5.11 Å². The van der Waals surface area contributed by atoms with Gasteiger partial charge in [0.15, 0.2) is 0 Å². The molecule has 5 heteroatoms. The van der Waals surface area contributed by atoms with Gasteiger partial charge in [0.2, 0.25) is 5.91 Å². The van der Waals surface area contributed by atoms with Crippen LogP contribution in [-0.2, 0) is 9.59 Å². The first-order chi connectivity index (χ1) is 8.13. The van der Waals surface area contributed by atoms with Crippen LogP contribution in [0.1, 0.15) is 32.1 Å². The van der Waals surface area contributed by atoms with Crippen LogP contribution >= 0.6 is 11.8 Å². The first kappa shape index (κ1) is 14.4. The Bertz CT molecular complexity index is 270. The number of nitrogens with zero attached hydrogens (tertiary/aromatic N) is 1. The third-order valence-corrected chi connectivity index (χ3v) is 3.77. The lowest BCUT2D eigenvalue weighted by molar-refractivity contribution is -0.137. The van der Waals surface area contributed by atoms with Crippen LogP contribution in [0.5, 0.6) is 0 Å². The molecule has 0 aromatic rings. The van der Waals surface area contributed by atoms with E-state index in [0.717, 1.165) is 31.7 Å². The molecular formula is C12H21NO3S. The summed E-state index contributed by atoms with van der Waals surface area (Å²) in [6.45, 7) is 1.59. The summed E-state index contributed by atoms with van der Waals surface area (Å²) in [5.41, 5.74) is 0. The van der Waals surface area contributed by atoms with E-state index >= 15 is 0 Å². The van der Waals surface area contributed by atoms with Gasteiger partial charge in [0.1, 0.15) is 0 Å². The molecule has 98 valence electrons. The Morgan fingerprint density at radius 3 is 2.82 bits per heavy atom. The number of piperidine rings is 1. The highest BCUT2D eigenvalue weighted by atomic mass is 32.2. The van der Waals surface area contributed by atoms with Gasteiger partial charge in [0.25, 0.3) is 0 Å². The van der Waals surface area contributed by atoms with Crippen molar-refractivity contribution >= 4 is 23.6 Å². The molecule has 1 saturated heterocycles. The number of likely N-dealkylation sites (tertiary alicyclic amines) is 1. The van der Waals surface area contributed by atoms with Gasteiger partial charge >= 0.3 is 5.97 Å². The molecule has 1 rings (SSSR count). The molecule has 0 aliphatic carbocycles. The first-order valence-electron chi connectivity index (χ1n) is 6.12. The Hall–Kier alpha value is -0.710. The number of hydrogen-bond donors (Lipinski definition) is 1. The van der Waals surface area contributed by atoms with Crippen molar-refractivity contribution in [2.75, 3.05) is 25.1 Å². The number of carbonyl (C=O) groups excluding carboxylic acids is 1. The fraction of sp³-hybridized carbons (Fsp3) is 0.833. The minimum absolute atomic E-state index is 0.220. The molecule has 1 amide bonds. The van der Waals surface area contributed by atoms with E-state index in [0.29, 0.717) is 18.8 Å². The van der Waals surface area contributed by atoms with Gasteiger partial charge in [0.05, 0.1) is 0 Å². The number of amides is 1. The minimum Gasteiger partial charge on any atom is -0.481 e. The number of carboxylic acids is 1. The fourth-order valence-corrected chi connectivity index (χ4v) is 2.58. The summed E-state index contributed by atoms with van der Waals surface area (Å²) in [5.74, 6) is 0.725. The highest BCUT2D eigenvalue weighted by Gasteiger charge is 2.23. The molecule has 1 fully saturated rings. The Balaban J connectivity index is 2.32. The molecule has 0 aromatic heterocycles. The van der Waals surface area contributed by atoms with Gasteiger partial charge in [-0.25, -0.2) is 0 Å². The average Bonchev–Trinajstić information content (AvgIpc) is 2.33. The third kappa shape index (κ3) is 5.44. The first-order valence-corrected chi connectivity index (χ1v) is 7.51. The van der Waals surface area contributed by atoms with Crippen molar-refractivity contribution in [2.45, 2.75) is 32.1 Å². The van der Waals surface area contributed by atoms with E-state index in [9.17, 15) is 9.59 Å². The predicted molar refractivity (Wildman–Crippen MR) is 69.2 cm³/mol. The number of carboxylic acid groups (broad SMARTS) is 1. The second-order valence-electron chi connectivity index (χ2n) is 4.52. The second-order valence-corrected chi connectivity index (χ2v) is 5.51. The van der Waals surface area contributed by atoms with Gasteiger partial charge in [-0.1, -0.05) is 0 Å². The molecule has 0 spiro atoms. The van der Waals surface area contributed by atoms with Crippen molar-refractivity contribution in [3.8, 4) is 0 Å². The zero-order valence-electron chi connectivity index (χ0n) is 10.4. The maximum atomic E-state index is 11.8. The van der Waals surface area contributed by atoms with E-state index in [1.54, 1.807) is 11.8 Å². The molecule has 0 aromatic carbocycles. The maximum Gasteiger partial charge on any atom is 0.303 e. The van der Waals surface area contributed by atoms with Crippen molar-refractivity contribution in [3.63, 3.8) is 0 Å². The molecule has 1 atom stereocenters. The highest BCUT2D eigenvalue weighted by Crippen LogP contribution is 2.21. The predicted octanol–water partition coefficient (Wildman–Crippen LogP) is 1.84. The number of hydrogen-bond acceptors (Lipinski definition) is 3. The monoisotopic (exact) mass is 259 g/mol. The number of rotatable bonds is 6.